The van der Waals surface area contributed by atoms with Crippen LogP contribution in [-0.2, 0) is 17.6 Å². The standard InChI is InChI=1S/C14H18N4O2S.C8H7Cl/c1-7-3-4-9-10(5-7)21-13-11(9)14(20)18(6-16-13)8(2)12(19)17-15;1-2-7-3-5-8(9)6-4-7/h6-8H,3-5,15H2,1-2H3,(H,17,19);2-6H,1H2. The summed E-state index contributed by atoms with van der Waals surface area (Å²) in [5, 5.41) is 1.45. The number of benzene rings is 1. The van der Waals surface area contributed by atoms with E-state index in [4.69, 9.17) is 17.4 Å². The molecule has 0 bridgehead atoms. The zero-order valence-electron chi connectivity index (χ0n) is 17.0. The van der Waals surface area contributed by atoms with Gasteiger partial charge in [0.15, 0.2) is 0 Å². The molecule has 0 radical (unpaired) electrons. The molecule has 1 aliphatic carbocycles. The highest BCUT2D eigenvalue weighted by molar-refractivity contribution is 7.18. The number of fused-ring (bicyclic) bond motifs is 3. The topological polar surface area (TPSA) is 90.0 Å². The van der Waals surface area contributed by atoms with Crippen LogP contribution in [0.15, 0.2) is 42.0 Å². The van der Waals surface area contributed by atoms with Crippen molar-refractivity contribution < 1.29 is 4.79 Å². The molecule has 0 spiro atoms. The van der Waals surface area contributed by atoms with E-state index in [1.165, 1.54) is 15.8 Å². The Kier molecular flexibility index (Phi) is 7.07. The largest absolute Gasteiger partial charge is 0.292 e. The lowest BCUT2D eigenvalue weighted by Gasteiger charge is -2.18. The van der Waals surface area contributed by atoms with Gasteiger partial charge in [0.2, 0.25) is 0 Å². The Morgan fingerprint density at radius 1 is 1.43 bits per heavy atom. The maximum Gasteiger partial charge on any atom is 0.263 e. The van der Waals surface area contributed by atoms with Gasteiger partial charge in [-0.05, 0) is 55.4 Å². The number of nitrogens with zero attached hydrogens (tertiary/aromatic N) is 2. The summed E-state index contributed by atoms with van der Waals surface area (Å²) in [4.78, 5) is 30.8. The highest BCUT2D eigenvalue weighted by atomic mass is 35.5. The van der Waals surface area contributed by atoms with Crippen LogP contribution in [0.3, 0.4) is 0 Å². The summed E-state index contributed by atoms with van der Waals surface area (Å²) in [7, 11) is 0. The minimum Gasteiger partial charge on any atom is -0.292 e. The maximum absolute atomic E-state index is 12.7. The molecule has 1 amide bonds. The predicted octanol–water partition coefficient (Wildman–Crippen LogP) is 4.12. The Bertz CT molecular complexity index is 1120. The molecule has 1 aliphatic rings. The van der Waals surface area contributed by atoms with Gasteiger partial charge in [0.05, 0.1) is 11.7 Å². The van der Waals surface area contributed by atoms with E-state index >= 15 is 0 Å². The molecule has 3 N–H and O–H groups in total. The molecule has 2 heterocycles. The number of carbonyl (C=O) groups excluding carboxylic acids is 1. The summed E-state index contributed by atoms with van der Waals surface area (Å²) >= 11 is 7.24. The Morgan fingerprint density at radius 3 is 2.77 bits per heavy atom. The van der Waals surface area contributed by atoms with Crippen molar-refractivity contribution in [3.63, 3.8) is 0 Å². The lowest BCUT2D eigenvalue weighted by molar-refractivity contribution is -0.124. The quantitative estimate of drug-likeness (QED) is 0.361. The van der Waals surface area contributed by atoms with Crippen LogP contribution in [0, 0.1) is 5.92 Å². The van der Waals surface area contributed by atoms with Crippen LogP contribution in [0.1, 0.15) is 42.3 Å². The first kappa shape index (κ1) is 22.2. The highest BCUT2D eigenvalue weighted by Crippen LogP contribution is 2.35. The lowest BCUT2D eigenvalue weighted by Crippen LogP contribution is -2.39. The number of nitrogens with two attached hydrogens (primary N) is 1. The molecule has 0 saturated heterocycles. The van der Waals surface area contributed by atoms with Gasteiger partial charge in [-0.15, -0.1) is 11.3 Å². The fraction of sp³-hybridized carbons (Fsp3) is 0.318. The van der Waals surface area contributed by atoms with E-state index < -0.39 is 11.9 Å². The van der Waals surface area contributed by atoms with Gasteiger partial charge in [-0.25, -0.2) is 10.8 Å². The van der Waals surface area contributed by atoms with E-state index in [1.807, 2.05) is 24.3 Å². The van der Waals surface area contributed by atoms with Gasteiger partial charge in [-0.1, -0.05) is 43.3 Å². The number of hydrogen-bond donors (Lipinski definition) is 2. The van der Waals surface area contributed by atoms with E-state index in [1.54, 1.807) is 24.3 Å². The van der Waals surface area contributed by atoms with E-state index in [0.717, 1.165) is 40.2 Å². The second-order valence-electron chi connectivity index (χ2n) is 7.43. The number of halogens is 1. The summed E-state index contributed by atoms with van der Waals surface area (Å²) in [6.45, 7) is 7.48. The van der Waals surface area contributed by atoms with Crippen molar-refractivity contribution in [3.8, 4) is 0 Å². The Labute approximate surface area is 184 Å². The molecule has 0 saturated carbocycles. The fourth-order valence-corrected chi connectivity index (χ4v) is 4.93. The molecule has 30 heavy (non-hydrogen) atoms. The van der Waals surface area contributed by atoms with Crippen LogP contribution in [0.2, 0.25) is 5.02 Å². The van der Waals surface area contributed by atoms with Crippen LogP contribution < -0.4 is 16.8 Å². The number of thiophene rings is 1. The van der Waals surface area contributed by atoms with Crippen molar-refractivity contribution in [2.75, 3.05) is 0 Å². The SMILES string of the molecule is C=Cc1ccc(Cl)cc1.CC1CCc2c(sc3ncn(C(C)C(=O)NN)c(=O)c23)C1. The number of carbonyl (C=O) groups is 1. The average molecular weight is 445 g/mol. The van der Waals surface area contributed by atoms with Crippen LogP contribution in [0.5, 0.6) is 0 Å². The first-order chi connectivity index (χ1) is 14.3. The van der Waals surface area contributed by atoms with Gasteiger partial charge in [0.25, 0.3) is 11.5 Å². The Morgan fingerprint density at radius 2 is 2.13 bits per heavy atom. The van der Waals surface area contributed by atoms with Gasteiger partial charge in [0.1, 0.15) is 10.9 Å². The molecule has 2 unspecified atom stereocenters. The van der Waals surface area contributed by atoms with Crippen molar-refractivity contribution in [1.29, 1.82) is 0 Å². The molecule has 2 atom stereocenters. The van der Waals surface area contributed by atoms with Gasteiger partial charge in [-0.2, -0.15) is 0 Å². The zero-order valence-corrected chi connectivity index (χ0v) is 18.6. The monoisotopic (exact) mass is 444 g/mol. The number of nitrogens with one attached hydrogen (secondary N) is 1. The Balaban J connectivity index is 0.000000239. The van der Waals surface area contributed by atoms with E-state index in [2.05, 4.69) is 23.9 Å². The summed E-state index contributed by atoms with van der Waals surface area (Å²) in [6, 6.07) is 6.87. The normalized spacial score (nSPS) is 16.2. The molecule has 158 valence electrons. The van der Waals surface area contributed by atoms with Crippen molar-refractivity contribution in [3.05, 3.63) is 68.6 Å². The Hall–Kier alpha value is -2.48. The lowest BCUT2D eigenvalue weighted by atomic mass is 9.89. The van der Waals surface area contributed by atoms with Gasteiger partial charge >= 0.3 is 0 Å². The molecule has 3 aromatic rings. The molecule has 6 nitrogen and oxygen atoms in total. The number of aromatic nitrogens is 2. The summed E-state index contributed by atoms with van der Waals surface area (Å²) in [5.41, 5.74) is 4.15. The van der Waals surface area contributed by atoms with E-state index in [0.29, 0.717) is 11.3 Å². The number of hydrazine groups is 1. The third-order valence-electron chi connectivity index (χ3n) is 5.29. The van der Waals surface area contributed by atoms with E-state index in [9.17, 15) is 9.59 Å². The second kappa shape index (κ2) is 9.55. The predicted molar refractivity (Wildman–Crippen MR) is 124 cm³/mol. The molecular formula is C22H25ClN4O2S. The first-order valence-electron chi connectivity index (χ1n) is 9.75. The highest BCUT2D eigenvalue weighted by Gasteiger charge is 2.24. The van der Waals surface area contributed by atoms with Crippen molar-refractivity contribution >= 4 is 45.1 Å². The van der Waals surface area contributed by atoms with Crippen LogP contribution >= 0.6 is 22.9 Å². The number of aryl methyl sites for hydroxylation is 1. The number of hydrogen-bond acceptors (Lipinski definition) is 5. The number of rotatable bonds is 3. The minimum absolute atomic E-state index is 0.150. The smallest absolute Gasteiger partial charge is 0.263 e. The summed E-state index contributed by atoms with van der Waals surface area (Å²) in [5.74, 6) is 5.39. The van der Waals surface area contributed by atoms with Crippen molar-refractivity contribution in [2.24, 2.45) is 11.8 Å². The molecule has 1 aromatic carbocycles. The van der Waals surface area contributed by atoms with Crippen LogP contribution in [0.25, 0.3) is 16.3 Å². The van der Waals surface area contributed by atoms with Crippen molar-refractivity contribution in [1.82, 2.24) is 15.0 Å². The minimum atomic E-state index is -0.669. The van der Waals surface area contributed by atoms with Crippen molar-refractivity contribution in [2.45, 2.75) is 39.2 Å². The summed E-state index contributed by atoms with van der Waals surface area (Å²) < 4.78 is 1.36. The van der Waals surface area contributed by atoms with Crippen LogP contribution in [0.4, 0.5) is 0 Å². The molecule has 8 heteroatoms. The summed E-state index contributed by atoms with van der Waals surface area (Å²) in [6.07, 6.45) is 6.24. The fourth-order valence-electron chi connectivity index (χ4n) is 3.47. The first-order valence-corrected chi connectivity index (χ1v) is 10.9. The second-order valence-corrected chi connectivity index (χ2v) is 8.95. The third kappa shape index (κ3) is 4.64. The van der Waals surface area contributed by atoms with Gasteiger partial charge < -0.3 is 0 Å². The van der Waals surface area contributed by atoms with E-state index in [-0.39, 0.29) is 5.56 Å². The van der Waals surface area contributed by atoms with Gasteiger partial charge in [-0.3, -0.25) is 19.6 Å². The average Bonchev–Trinajstić information content (AvgIpc) is 3.12. The molecule has 4 rings (SSSR count). The van der Waals surface area contributed by atoms with Gasteiger partial charge in [0, 0.05) is 9.90 Å². The molecule has 0 aliphatic heterocycles. The maximum atomic E-state index is 12.7. The molecule has 2 aromatic heterocycles. The third-order valence-corrected chi connectivity index (χ3v) is 6.70. The number of amides is 1. The van der Waals surface area contributed by atoms with Crippen LogP contribution in [-0.4, -0.2) is 15.5 Å². The molecule has 0 fully saturated rings. The zero-order chi connectivity index (χ0) is 21.8. The molecular weight excluding hydrogens is 420 g/mol.